The molecule has 2 rings (SSSR count). The summed E-state index contributed by atoms with van der Waals surface area (Å²) in [5.74, 6) is 0.655. The summed E-state index contributed by atoms with van der Waals surface area (Å²) in [5, 5.41) is 8.65. The van der Waals surface area contributed by atoms with Gasteiger partial charge in [0.1, 0.15) is 0 Å². The fourth-order valence-electron chi connectivity index (χ4n) is 1.85. The van der Waals surface area contributed by atoms with Crippen LogP contribution in [0.5, 0.6) is 0 Å². The quantitative estimate of drug-likeness (QED) is 0.770. The maximum absolute atomic E-state index is 8.65. The van der Waals surface area contributed by atoms with Crippen LogP contribution in [0.2, 0.25) is 0 Å². The number of hydrogen-bond acceptors (Lipinski definition) is 2. The van der Waals surface area contributed by atoms with Crippen LogP contribution >= 0.6 is 0 Å². The smallest absolute Gasteiger partial charge is 0.0991 e. The van der Waals surface area contributed by atoms with E-state index in [4.69, 9.17) is 11.0 Å². The van der Waals surface area contributed by atoms with Crippen LogP contribution in [0.4, 0.5) is 0 Å². The first-order valence-corrected chi connectivity index (χ1v) is 5.07. The Morgan fingerprint density at radius 2 is 1.93 bits per heavy atom. The first kappa shape index (κ1) is 9.23. The number of nitrogens with zero attached hydrogens (tertiary/aromatic N) is 1. The summed E-state index contributed by atoms with van der Waals surface area (Å²) in [6.07, 6.45) is 3.82. The summed E-state index contributed by atoms with van der Waals surface area (Å²) in [6.45, 7) is 0. The maximum atomic E-state index is 8.65. The largest absolute Gasteiger partial charge is 0.324 e. The van der Waals surface area contributed by atoms with Crippen LogP contribution in [0.1, 0.15) is 36.4 Å². The Morgan fingerprint density at radius 3 is 2.36 bits per heavy atom. The van der Waals surface area contributed by atoms with Gasteiger partial charge < -0.3 is 5.73 Å². The molecule has 1 saturated carbocycles. The molecule has 1 aromatic carbocycles. The van der Waals surface area contributed by atoms with Crippen molar-refractivity contribution in [3.8, 4) is 6.07 Å². The van der Waals surface area contributed by atoms with Crippen LogP contribution < -0.4 is 5.73 Å². The van der Waals surface area contributed by atoms with Crippen molar-refractivity contribution in [2.24, 2.45) is 11.7 Å². The van der Waals surface area contributed by atoms with Gasteiger partial charge in [-0.25, -0.2) is 0 Å². The van der Waals surface area contributed by atoms with Crippen molar-refractivity contribution in [2.45, 2.75) is 25.3 Å². The van der Waals surface area contributed by atoms with E-state index in [1.54, 1.807) is 0 Å². The van der Waals surface area contributed by atoms with E-state index in [0.29, 0.717) is 11.5 Å². The molecule has 1 aliphatic carbocycles. The summed E-state index contributed by atoms with van der Waals surface area (Å²) in [6, 6.07) is 9.90. The molecule has 0 aliphatic heterocycles. The number of benzene rings is 1. The van der Waals surface area contributed by atoms with E-state index >= 15 is 0 Å². The first-order chi connectivity index (χ1) is 6.81. The van der Waals surface area contributed by atoms with Gasteiger partial charge in [0, 0.05) is 6.04 Å². The standard InChI is InChI=1S/C12H14N2/c13-8-9-4-6-11(7-5-9)12(14)10-2-1-3-10/h4-7,10,12H,1-3,14H2/t12-/m1/s1. The zero-order valence-electron chi connectivity index (χ0n) is 8.11. The molecule has 14 heavy (non-hydrogen) atoms. The molecule has 2 N–H and O–H groups in total. The minimum atomic E-state index is 0.163. The Balaban J connectivity index is 2.12. The third-order valence-electron chi connectivity index (χ3n) is 3.08. The Bertz CT molecular complexity index is 344. The Hall–Kier alpha value is -1.33. The summed E-state index contributed by atoms with van der Waals surface area (Å²) >= 11 is 0. The molecule has 0 spiro atoms. The van der Waals surface area contributed by atoms with Gasteiger partial charge in [0.05, 0.1) is 11.6 Å². The molecule has 0 radical (unpaired) electrons. The Kier molecular flexibility index (Phi) is 2.51. The first-order valence-electron chi connectivity index (χ1n) is 5.07. The van der Waals surface area contributed by atoms with E-state index < -0.39 is 0 Å². The van der Waals surface area contributed by atoms with Gasteiger partial charge in [0.25, 0.3) is 0 Å². The van der Waals surface area contributed by atoms with Gasteiger partial charge in [-0.15, -0.1) is 0 Å². The lowest BCUT2D eigenvalue weighted by Crippen LogP contribution is -2.26. The van der Waals surface area contributed by atoms with Gasteiger partial charge in [0.15, 0.2) is 0 Å². The highest BCUT2D eigenvalue weighted by molar-refractivity contribution is 5.33. The van der Waals surface area contributed by atoms with E-state index in [9.17, 15) is 0 Å². The zero-order valence-corrected chi connectivity index (χ0v) is 8.11. The number of hydrogen-bond donors (Lipinski definition) is 1. The fourth-order valence-corrected chi connectivity index (χ4v) is 1.85. The van der Waals surface area contributed by atoms with Crippen molar-refractivity contribution in [2.75, 3.05) is 0 Å². The van der Waals surface area contributed by atoms with Gasteiger partial charge in [-0.3, -0.25) is 0 Å². The van der Waals surface area contributed by atoms with Crippen molar-refractivity contribution >= 4 is 0 Å². The lowest BCUT2D eigenvalue weighted by molar-refractivity contribution is 0.264. The topological polar surface area (TPSA) is 49.8 Å². The van der Waals surface area contributed by atoms with Gasteiger partial charge in [-0.2, -0.15) is 5.26 Å². The van der Waals surface area contributed by atoms with Crippen molar-refractivity contribution in [3.63, 3.8) is 0 Å². The average molecular weight is 186 g/mol. The second-order valence-corrected chi connectivity index (χ2v) is 3.95. The summed E-state index contributed by atoms with van der Waals surface area (Å²) in [4.78, 5) is 0. The number of nitriles is 1. The molecule has 2 nitrogen and oxygen atoms in total. The minimum absolute atomic E-state index is 0.163. The molecule has 0 heterocycles. The van der Waals surface area contributed by atoms with Crippen LogP contribution in [0.15, 0.2) is 24.3 Å². The third kappa shape index (κ3) is 1.64. The van der Waals surface area contributed by atoms with E-state index in [1.807, 2.05) is 24.3 Å². The van der Waals surface area contributed by atoms with Crippen molar-refractivity contribution in [3.05, 3.63) is 35.4 Å². The number of rotatable bonds is 2. The molecule has 1 fully saturated rings. The zero-order chi connectivity index (χ0) is 9.97. The van der Waals surface area contributed by atoms with Gasteiger partial charge >= 0.3 is 0 Å². The highest BCUT2D eigenvalue weighted by Crippen LogP contribution is 2.35. The lowest BCUT2D eigenvalue weighted by Gasteiger charge is -2.31. The monoisotopic (exact) mass is 186 g/mol. The summed E-state index contributed by atoms with van der Waals surface area (Å²) in [5.41, 5.74) is 7.97. The molecule has 1 aromatic rings. The number of nitrogens with two attached hydrogens (primary N) is 1. The fraction of sp³-hybridized carbons (Fsp3) is 0.417. The second-order valence-electron chi connectivity index (χ2n) is 3.95. The maximum Gasteiger partial charge on any atom is 0.0991 e. The van der Waals surface area contributed by atoms with E-state index in [2.05, 4.69) is 6.07 Å². The van der Waals surface area contributed by atoms with Gasteiger partial charge in [0.2, 0.25) is 0 Å². The molecule has 0 unspecified atom stereocenters. The molecule has 1 aliphatic rings. The van der Waals surface area contributed by atoms with Gasteiger partial charge in [-0.05, 0) is 36.5 Å². The van der Waals surface area contributed by atoms with Crippen LogP contribution in [0, 0.1) is 17.2 Å². The van der Waals surface area contributed by atoms with Crippen molar-refractivity contribution in [1.82, 2.24) is 0 Å². The lowest BCUT2D eigenvalue weighted by atomic mass is 9.77. The average Bonchev–Trinajstić information content (AvgIpc) is 2.15. The van der Waals surface area contributed by atoms with Crippen LogP contribution in [-0.4, -0.2) is 0 Å². The van der Waals surface area contributed by atoms with Crippen molar-refractivity contribution in [1.29, 1.82) is 5.26 Å². The molecule has 0 saturated heterocycles. The van der Waals surface area contributed by atoms with E-state index in [-0.39, 0.29) is 6.04 Å². The molecule has 0 aromatic heterocycles. The molecule has 2 heteroatoms. The van der Waals surface area contributed by atoms with E-state index in [0.717, 1.165) is 5.56 Å². The summed E-state index contributed by atoms with van der Waals surface area (Å²) < 4.78 is 0. The van der Waals surface area contributed by atoms with Crippen LogP contribution in [-0.2, 0) is 0 Å². The highest BCUT2D eigenvalue weighted by atomic mass is 14.7. The Labute approximate surface area is 84.3 Å². The predicted octanol–water partition coefficient (Wildman–Crippen LogP) is 2.36. The molecule has 0 amide bonds. The second kappa shape index (κ2) is 3.81. The molecular formula is C12H14N2. The predicted molar refractivity (Wildman–Crippen MR) is 55.4 cm³/mol. The van der Waals surface area contributed by atoms with E-state index in [1.165, 1.54) is 19.3 Å². The minimum Gasteiger partial charge on any atom is -0.324 e. The Morgan fingerprint density at radius 1 is 1.29 bits per heavy atom. The van der Waals surface area contributed by atoms with Crippen LogP contribution in [0.25, 0.3) is 0 Å². The van der Waals surface area contributed by atoms with Gasteiger partial charge in [-0.1, -0.05) is 18.6 Å². The molecular weight excluding hydrogens is 172 g/mol. The SMILES string of the molecule is N#Cc1ccc([C@H](N)C2CCC2)cc1. The highest BCUT2D eigenvalue weighted by Gasteiger charge is 2.25. The molecule has 72 valence electrons. The normalized spacial score (nSPS) is 18.3. The third-order valence-corrected chi connectivity index (χ3v) is 3.08. The molecule has 0 bridgehead atoms. The molecule has 1 atom stereocenters. The summed E-state index contributed by atoms with van der Waals surface area (Å²) in [7, 11) is 0. The van der Waals surface area contributed by atoms with Crippen molar-refractivity contribution < 1.29 is 0 Å². The van der Waals surface area contributed by atoms with Crippen LogP contribution in [0.3, 0.4) is 0 Å².